The second-order valence-corrected chi connectivity index (χ2v) is 6.17. The molecular weight excluding hydrogens is 338 g/mol. The number of ether oxygens (including phenoxy) is 1. The van der Waals surface area contributed by atoms with Gasteiger partial charge in [-0.3, -0.25) is 9.20 Å². The molecule has 0 bridgehead atoms. The van der Waals surface area contributed by atoms with Crippen molar-refractivity contribution in [2.24, 2.45) is 0 Å². The average Bonchev–Trinajstić information content (AvgIpc) is 3.08. The lowest BCUT2D eigenvalue weighted by Gasteiger charge is -2.04. The fourth-order valence-corrected chi connectivity index (χ4v) is 2.88. The van der Waals surface area contributed by atoms with Gasteiger partial charge in [-0.05, 0) is 18.6 Å². The Hall–Kier alpha value is -3.24. The Bertz CT molecular complexity index is 1060. The number of fused-ring (bicyclic) bond motifs is 1. The van der Waals surface area contributed by atoms with Crippen LogP contribution in [0.1, 0.15) is 16.8 Å². The molecule has 0 radical (unpaired) electrons. The maximum absolute atomic E-state index is 12.1. The van der Waals surface area contributed by atoms with Crippen LogP contribution in [0.2, 0.25) is 0 Å². The van der Waals surface area contributed by atoms with Crippen LogP contribution in [0.25, 0.3) is 11.0 Å². The monoisotopic (exact) mass is 351 g/mol. The van der Waals surface area contributed by atoms with Gasteiger partial charge in [0.05, 0.1) is 5.69 Å². The largest absolute Gasteiger partial charge is 0.455 e. The number of hydrogen-bond donors (Lipinski definition) is 0. The molecule has 25 heavy (non-hydrogen) atoms. The highest BCUT2D eigenvalue weighted by atomic mass is 32.1. The number of thiazole rings is 1. The van der Waals surface area contributed by atoms with Gasteiger partial charge in [0.1, 0.15) is 18.2 Å². The molecule has 0 N–H and O–H groups in total. The molecule has 0 fully saturated rings. The first-order chi connectivity index (χ1) is 12.1. The first-order valence-corrected chi connectivity index (χ1v) is 8.26. The first-order valence-electron chi connectivity index (χ1n) is 7.38. The number of nitrogens with zero attached hydrogens (tertiary/aromatic N) is 3. The van der Waals surface area contributed by atoms with Gasteiger partial charge in [-0.15, -0.1) is 11.3 Å². The first kappa shape index (κ1) is 16.6. The average molecular weight is 351 g/mol. The van der Waals surface area contributed by atoms with E-state index in [1.807, 2.05) is 37.3 Å². The fraction of sp³-hybridized carbons (Fsp3) is 0.111. The smallest absolute Gasteiger partial charge is 0.349 e. The van der Waals surface area contributed by atoms with E-state index in [2.05, 4.69) is 4.98 Å². The Morgan fingerprint density at radius 3 is 2.88 bits per heavy atom. The third-order valence-corrected chi connectivity index (χ3v) is 4.19. The molecule has 2 aromatic heterocycles. The summed E-state index contributed by atoms with van der Waals surface area (Å²) in [6.45, 7) is 1.78. The molecule has 0 aliphatic heterocycles. The van der Waals surface area contributed by atoms with Crippen molar-refractivity contribution in [2.75, 3.05) is 0 Å². The lowest BCUT2D eigenvalue weighted by atomic mass is 10.1. The van der Waals surface area contributed by atoms with Gasteiger partial charge in [-0.1, -0.05) is 29.8 Å². The van der Waals surface area contributed by atoms with Gasteiger partial charge in [0.25, 0.3) is 5.56 Å². The SMILES string of the molecule is Cc1ccc(/C=C(\C#N)C(=O)OCc2cc(=O)n3ccsc3n2)cc1. The van der Waals surface area contributed by atoms with Crippen molar-refractivity contribution in [3.05, 3.63) is 74.7 Å². The minimum atomic E-state index is -0.753. The molecule has 0 saturated heterocycles. The second kappa shape index (κ2) is 7.11. The summed E-state index contributed by atoms with van der Waals surface area (Å²) in [5.41, 5.74) is 1.80. The summed E-state index contributed by atoms with van der Waals surface area (Å²) in [5.74, 6) is -0.753. The quantitative estimate of drug-likeness (QED) is 0.410. The Balaban J connectivity index is 1.74. The predicted octanol–water partition coefficient (Wildman–Crippen LogP) is 2.71. The van der Waals surface area contributed by atoms with Crippen LogP contribution in [-0.4, -0.2) is 15.4 Å². The van der Waals surface area contributed by atoms with E-state index in [0.29, 0.717) is 10.7 Å². The summed E-state index contributed by atoms with van der Waals surface area (Å²) in [5, 5.41) is 10.9. The molecule has 0 spiro atoms. The van der Waals surface area contributed by atoms with Crippen LogP contribution in [0.5, 0.6) is 0 Å². The molecule has 2 heterocycles. The third kappa shape index (κ3) is 3.82. The van der Waals surface area contributed by atoms with Gasteiger partial charge < -0.3 is 4.74 Å². The van der Waals surface area contributed by atoms with Crippen LogP contribution in [0.4, 0.5) is 0 Å². The van der Waals surface area contributed by atoms with Crippen LogP contribution < -0.4 is 5.56 Å². The van der Waals surface area contributed by atoms with E-state index >= 15 is 0 Å². The zero-order valence-electron chi connectivity index (χ0n) is 13.3. The van der Waals surface area contributed by atoms with E-state index < -0.39 is 5.97 Å². The third-order valence-electron chi connectivity index (χ3n) is 3.44. The van der Waals surface area contributed by atoms with Crippen LogP contribution >= 0.6 is 11.3 Å². The molecule has 0 unspecified atom stereocenters. The molecule has 3 rings (SSSR count). The number of esters is 1. The minimum absolute atomic E-state index is 0.113. The van der Waals surface area contributed by atoms with E-state index in [0.717, 1.165) is 11.1 Å². The summed E-state index contributed by atoms with van der Waals surface area (Å²) in [6, 6.07) is 10.6. The summed E-state index contributed by atoms with van der Waals surface area (Å²) in [6.07, 6.45) is 3.09. The van der Waals surface area contributed by atoms with E-state index in [9.17, 15) is 14.9 Å². The minimum Gasteiger partial charge on any atom is -0.455 e. The molecule has 0 aliphatic carbocycles. The fourth-order valence-electron chi connectivity index (χ4n) is 2.15. The standard InChI is InChI=1S/C18H13N3O3S/c1-12-2-4-13(5-3-12)8-14(10-19)17(23)24-11-15-9-16(22)21-6-7-25-18(21)20-15/h2-9H,11H2,1H3/b14-8+. The van der Waals surface area contributed by atoms with E-state index in [1.165, 1.54) is 27.9 Å². The molecule has 3 aromatic rings. The van der Waals surface area contributed by atoms with Crippen molar-refractivity contribution in [2.45, 2.75) is 13.5 Å². The molecule has 0 amide bonds. The lowest BCUT2D eigenvalue weighted by Crippen LogP contribution is -2.15. The van der Waals surface area contributed by atoms with Crippen molar-refractivity contribution in [1.29, 1.82) is 5.26 Å². The molecule has 0 saturated carbocycles. The molecule has 124 valence electrons. The van der Waals surface area contributed by atoms with Crippen molar-refractivity contribution < 1.29 is 9.53 Å². The van der Waals surface area contributed by atoms with E-state index in [4.69, 9.17) is 4.74 Å². The zero-order valence-corrected chi connectivity index (χ0v) is 14.1. The number of benzene rings is 1. The normalized spacial score (nSPS) is 11.3. The summed E-state index contributed by atoms with van der Waals surface area (Å²) >= 11 is 1.31. The summed E-state index contributed by atoms with van der Waals surface area (Å²) in [4.78, 5) is 28.8. The van der Waals surface area contributed by atoms with Crippen LogP contribution in [0.15, 0.2) is 52.3 Å². The predicted molar refractivity (Wildman–Crippen MR) is 93.9 cm³/mol. The Morgan fingerprint density at radius 2 is 2.16 bits per heavy atom. The van der Waals surface area contributed by atoms with Gasteiger partial charge in [0.15, 0.2) is 4.96 Å². The summed E-state index contributed by atoms with van der Waals surface area (Å²) in [7, 11) is 0. The van der Waals surface area contributed by atoms with Gasteiger partial charge in [-0.25, -0.2) is 9.78 Å². The maximum atomic E-state index is 12.1. The van der Waals surface area contributed by atoms with Gasteiger partial charge >= 0.3 is 5.97 Å². The van der Waals surface area contributed by atoms with Gasteiger partial charge in [0.2, 0.25) is 0 Å². The van der Waals surface area contributed by atoms with Crippen LogP contribution in [0, 0.1) is 18.3 Å². The number of carbonyl (C=O) groups is 1. The number of nitriles is 1. The molecule has 0 atom stereocenters. The maximum Gasteiger partial charge on any atom is 0.349 e. The van der Waals surface area contributed by atoms with Crippen molar-refractivity contribution >= 4 is 28.3 Å². The topological polar surface area (TPSA) is 84.5 Å². The molecule has 6 nitrogen and oxygen atoms in total. The Kier molecular flexibility index (Phi) is 4.73. The van der Waals surface area contributed by atoms with E-state index in [1.54, 1.807) is 11.6 Å². The van der Waals surface area contributed by atoms with Crippen LogP contribution in [0.3, 0.4) is 0 Å². The van der Waals surface area contributed by atoms with Crippen molar-refractivity contribution in [1.82, 2.24) is 9.38 Å². The highest BCUT2D eigenvalue weighted by Gasteiger charge is 2.12. The Labute approximate surface area is 147 Å². The van der Waals surface area contributed by atoms with Gasteiger partial charge in [0, 0.05) is 17.6 Å². The summed E-state index contributed by atoms with van der Waals surface area (Å²) < 4.78 is 6.53. The number of carbonyl (C=O) groups excluding carboxylic acids is 1. The number of rotatable bonds is 4. The highest BCUT2D eigenvalue weighted by Crippen LogP contribution is 2.11. The molecule has 1 aromatic carbocycles. The van der Waals surface area contributed by atoms with Gasteiger partial charge in [-0.2, -0.15) is 5.26 Å². The number of aromatic nitrogens is 2. The van der Waals surface area contributed by atoms with E-state index in [-0.39, 0.29) is 17.7 Å². The molecule has 0 aliphatic rings. The second-order valence-electron chi connectivity index (χ2n) is 5.30. The van der Waals surface area contributed by atoms with Crippen LogP contribution in [-0.2, 0) is 16.1 Å². The highest BCUT2D eigenvalue weighted by molar-refractivity contribution is 7.15. The molecule has 7 heteroatoms. The number of aryl methyl sites for hydroxylation is 1. The number of hydrogen-bond acceptors (Lipinski definition) is 6. The van der Waals surface area contributed by atoms with Crippen molar-refractivity contribution in [3.8, 4) is 6.07 Å². The van der Waals surface area contributed by atoms with Crippen molar-refractivity contribution in [3.63, 3.8) is 0 Å². The lowest BCUT2D eigenvalue weighted by molar-refractivity contribution is -0.139. The zero-order chi connectivity index (χ0) is 17.8. The molecular formula is C18H13N3O3S. The Morgan fingerprint density at radius 1 is 1.40 bits per heavy atom.